The molecule has 0 aliphatic carbocycles. The highest BCUT2D eigenvalue weighted by atomic mass is 32.1. The molecule has 0 N–H and O–H groups in total. The zero-order valence-electron chi connectivity index (χ0n) is 9.08. The fourth-order valence-electron chi connectivity index (χ4n) is 1.65. The van der Waals surface area contributed by atoms with Gasteiger partial charge in [0.15, 0.2) is 5.78 Å². The zero-order chi connectivity index (χ0) is 11.7. The van der Waals surface area contributed by atoms with Crippen LogP contribution in [0.5, 0.6) is 0 Å². The summed E-state index contributed by atoms with van der Waals surface area (Å²) in [6.45, 7) is 3.48. The van der Waals surface area contributed by atoms with Crippen LogP contribution in [0.25, 0.3) is 11.1 Å². The minimum Gasteiger partial charge on any atom is -0.294 e. The van der Waals surface area contributed by atoms with E-state index in [0.29, 0.717) is 11.1 Å². The molecule has 0 spiro atoms. The van der Waals surface area contributed by atoms with Gasteiger partial charge in [0.1, 0.15) is 5.82 Å². The number of rotatable bonds is 2. The maximum Gasteiger partial charge on any atom is 0.160 e. The summed E-state index contributed by atoms with van der Waals surface area (Å²) >= 11 is 1.59. The van der Waals surface area contributed by atoms with Crippen LogP contribution in [0.1, 0.15) is 22.2 Å². The van der Waals surface area contributed by atoms with Gasteiger partial charge >= 0.3 is 0 Å². The van der Waals surface area contributed by atoms with Gasteiger partial charge in [-0.3, -0.25) is 4.79 Å². The van der Waals surface area contributed by atoms with Crippen LogP contribution in [0.2, 0.25) is 0 Å². The Bertz CT molecular complexity index is 543. The Kier molecular flexibility index (Phi) is 2.88. The molecule has 2 rings (SSSR count). The summed E-state index contributed by atoms with van der Waals surface area (Å²) < 4.78 is 13.2. The molecule has 0 radical (unpaired) electrons. The van der Waals surface area contributed by atoms with Gasteiger partial charge < -0.3 is 0 Å². The summed E-state index contributed by atoms with van der Waals surface area (Å²) in [6, 6.07) is 6.24. The van der Waals surface area contributed by atoms with Crippen LogP contribution in [0, 0.1) is 12.7 Å². The van der Waals surface area contributed by atoms with Crippen molar-refractivity contribution >= 4 is 17.1 Å². The first kappa shape index (κ1) is 11.0. The van der Waals surface area contributed by atoms with Gasteiger partial charge in [0, 0.05) is 10.4 Å². The lowest BCUT2D eigenvalue weighted by atomic mass is 9.99. The van der Waals surface area contributed by atoms with Crippen molar-refractivity contribution in [1.29, 1.82) is 0 Å². The van der Waals surface area contributed by atoms with Gasteiger partial charge in [0.05, 0.1) is 0 Å². The van der Waals surface area contributed by atoms with E-state index in [0.717, 1.165) is 10.4 Å². The van der Waals surface area contributed by atoms with E-state index in [1.165, 1.54) is 19.1 Å². The standard InChI is InChI=1S/C13H11FOS/c1-8-5-10(7-16-8)13-6-11(14)3-4-12(13)9(2)15/h3-7H,1-2H3. The van der Waals surface area contributed by atoms with Crippen LogP contribution in [0.15, 0.2) is 29.6 Å². The molecule has 2 aromatic rings. The number of halogens is 1. The van der Waals surface area contributed by atoms with Gasteiger partial charge in [-0.25, -0.2) is 4.39 Å². The second-order valence-corrected chi connectivity index (χ2v) is 4.81. The van der Waals surface area contributed by atoms with Crippen LogP contribution in [-0.2, 0) is 0 Å². The number of carbonyl (C=O) groups excluding carboxylic acids is 1. The molecule has 0 bridgehead atoms. The van der Waals surface area contributed by atoms with Gasteiger partial charge in [-0.2, -0.15) is 0 Å². The Morgan fingerprint density at radius 2 is 2.06 bits per heavy atom. The van der Waals surface area contributed by atoms with Crippen molar-refractivity contribution < 1.29 is 9.18 Å². The first-order valence-electron chi connectivity index (χ1n) is 4.94. The highest BCUT2D eigenvalue weighted by Gasteiger charge is 2.11. The Labute approximate surface area is 97.6 Å². The number of benzene rings is 1. The van der Waals surface area contributed by atoms with Crippen LogP contribution in [0.3, 0.4) is 0 Å². The molecule has 0 atom stereocenters. The maximum atomic E-state index is 13.2. The van der Waals surface area contributed by atoms with Crippen molar-refractivity contribution in [2.24, 2.45) is 0 Å². The van der Waals surface area contributed by atoms with Crippen LogP contribution in [0.4, 0.5) is 4.39 Å². The minimum atomic E-state index is -0.316. The SMILES string of the molecule is CC(=O)c1ccc(F)cc1-c1csc(C)c1. The second kappa shape index (κ2) is 4.18. The van der Waals surface area contributed by atoms with Crippen molar-refractivity contribution in [3.8, 4) is 11.1 Å². The summed E-state index contributed by atoms with van der Waals surface area (Å²) in [5, 5.41) is 1.94. The fourth-order valence-corrected chi connectivity index (χ4v) is 2.35. The lowest BCUT2D eigenvalue weighted by Gasteiger charge is -2.04. The van der Waals surface area contributed by atoms with Gasteiger partial charge in [0.25, 0.3) is 0 Å². The molecular formula is C13H11FOS. The molecule has 0 aliphatic heterocycles. The van der Waals surface area contributed by atoms with E-state index in [1.807, 2.05) is 18.4 Å². The third-order valence-electron chi connectivity index (χ3n) is 2.40. The third-order valence-corrected chi connectivity index (χ3v) is 3.26. The number of hydrogen-bond acceptors (Lipinski definition) is 2. The average Bonchev–Trinajstić information content (AvgIpc) is 2.64. The van der Waals surface area contributed by atoms with Crippen LogP contribution < -0.4 is 0 Å². The predicted molar refractivity (Wildman–Crippen MR) is 64.5 cm³/mol. The molecule has 0 amide bonds. The summed E-state index contributed by atoms with van der Waals surface area (Å²) in [6.07, 6.45) is 0. The monoisotopic (exact) mass is 234 g/mol. The third kappa shape index (κ3) is 2.04. The highest BCUT2D eigenvalue weighted by Crippen LogP contribution is 2.29. The Morgan fingerprint density at radius 3 is 2.62 bits per heavy atom. The van der Waals surface area contributed by atoms with Gasteiger partial charge in [-0.15, -0.1) is 11.3 Å². The Morgan fingerprint density at radius 1 is 1.31 bits per heavy atom. The highest BCUT2D eigenvalue weighted by molar-refractivity contribution is 7.10. The second-order valence-electron chi connectivity index (χ2n) is 3.69. The van der Waals surface area contributed by atoms with Crippen molar-refractivity contribution in [1.82, 2.24) is 0 Å². The average molecular weight is 234 g/mol. The summed E-state index contributed by atoms with van der Waals surface area (Å²) in [4.78, 5) is 12.6. The molecule has 3 heteroatoms. The molecule has 0 saturated heterocycles. The van der Waals surface area contributed by atoms with E-state index in [9.17, 15) is 9.18 Å². The summed E-state index contributed by atoms with van der Waals surface area (Å²) in [7, 11) is 0. The molecule has 0 unspecified atom stereocenters. The lowest BCUT2D eigenvalue weighted by molar-refractivity contribution is 0.101. The van der Waals surface area contributed by atoms with E-state index in [4.69, 9.17) is 0 Å². The number of carbonyl (C=O) groups is 1. The molecular weight excluding hydrogens is 223 g/mol. The Hall–Kier alpha value is -1.48. The van der Waals surface area contributed by atoms with Crippen LogP contribution in [-0.4, -0.2) is 5.78 Å². The number of thiophene rings is 1. The van der Waals surface area contributed by atoms with Gasteiger partial charge in [-0.05, 0) is 54.6 Å². The molecule has 1 aromatic carbocycles. The predicted octanol–water partition coefficient (Wildman–Crippen LogP) is 4.07. The summed E-state index contributed by atoms with van der Waals surface area (Å²) in [5.74, 6) is -0.359. The molecule has 0 fully saturated rings. The lowest BCUT2D eigenvalue weighted by Crippen LogP contribution is -1.96. The van der Waals surface area contributed by atoms with E-state index in [2.05, 4.69) is 0 Å². The van der Waals surface area contributed by atoms with E-state index in [1.54, 1.807) is 17.4 Å². The van der Waals surface area contributed by atoms with Crippen molar-refractivity contribution in [3.05, 3.63) is 45.9 Å². The molecule has 1 heterocycles. The Balaban J connectivity index is 2.62. The fraction of sp³-hybridized carbons (Fsp3) is 0.154. The van der Waals surface area contributed by atoms with Crippen molar-refractivity contribution in [3.63, 3.8) is 0 Å². The van der Waals surface area contributed by atoms with E-state index < -0.39 is 0 Å². The zero-order valence-corrected chi connectivity index (χ0v) is 9.90. The normalized spacial score (nSPS) is 10.4. The largest absolute Gasteiger partial charge is 0.294 e. The quantitative estimate of drug-likeness (QED) is 0.716. The van der Waals surface area contributed by atoms with Crippen molar-refractivity contribution in [2.45, 2.75) is 13.8 Å². The molecule has 16 heavy (non-hydrogen) atoms. The van der Waals surface area contributed by atoms with Crippen LogP contribution >= 0.6 is 11.3 Å². The van der Waals surface area contributed by atoms with E-state index >= 15 is 0 Å². The molecule has 1 nitrogen and oxygen atoms in total. The molecule has 82 valence electrons. The topological polar surface area (TPSA) is 17.1 Å². The number of Topliss-reactive ketones (excluding diaryl/α,β-unsaturated/α-hetero) is 1. The smallest absolute Gasteiger partial charge is 0.160 e. The molecule has 0 aliphatic rings. The molecule has 0 saturated carbocycles. The number of ketones is 1. The van der Waals surface area contributed by atoms with Crippen molar-refractivity contribution in [2.75, 3.05) is 0 Å². The number of aryl methyl sites for hydroxylation is 1. The molecule has 1 aromatic heterocycles. The maximum absolute atomic E-state index is 13.2. The first-order valence-corrected chi connectivity index (χ1v) is 5.82. The van der Waals surface area contributed by atoms with Gasteiger partial charge in [0.2, 0.25) is 0 Å². The number of hydrogen-bond donors (Lipinski definition) is 0. The first-order chi connectivity index (χ1) is 7.58. The van der Waals surface area contributed by atoms with Gasteiger partial charge in [-0.1, -0.05) is 0 Å². The summed E-state index contributed by atoms with van der Waals surface area (Å²) in [5.41, 5.74) is 2.16. The minimum absolute atomic E-state index is 0.0427. The van der Waals surface area contributed by atoms with E-state index in [-0.39, 0.29) is 11.6 Å².